The van der Waals surface area contributed by atoms with Gasteiger partial charge in [0, 0.05) is 37.3 Å². The maximum Gasteiger partial charge on any atom is 0.573 e. The van der Waals surface area contributed by atoms with Gasteiger partial charge in [0.2, 0.25) is 0 Å². The lowest BCUT2D eigenvalue weighted by molar-refractivity contribution is -0.274. The molecular weight excluding hydrogens is 499 g/mol. The van der Waals surface area contributed by atoms with Crippen LogP contribution < -0.4 is 9.64 Å². The van der Waals surface area contributed by atoms with E-state index in [1.54, 1.807) is 26.1 Å². The largest absolute Gasteiger partial charge is 0.573 e. The summed E-state index contributed by atoms with van der Waals surface area (Å²) in [5.41, 5.74) is 3.60. The summed E-state index contributed by atoms with van der Waals surface area (Å²) >= 11 is 6.12. The Morgan fingerprint density at radius 3 is 2.61 bits per heavy atom. The van der Waals surface area contributed by atoms with Crippen molar-refractivity contribution in [3.8, 4) is 17.0 Å². The standard InChI is InChI=1S/C25H27ClF3N3O4/c1-15-20(17-5-3-6-19(13-17)36-25(27,28)29)32(14-16-7-9-18(26)10-8-16)22-21(15)30(2)24(35)31(23(22)34)11-4-12-33/h3,5-7,9,13,23,33-34H,4,8,10-12,14H2,1-2H3. The molecule has 0 fully saturated rings. The number of rotatable bonds is 7. The molecule has 1 aromatic carbocycles. The minimum absolute atomic E-state index is 0.135. The molecule has 4 rings (SSSR count). The van der Waals surface area contributed by atoms with Crippen molar-refractivity contribution in [2.24, 2.45) is 0 Å². The molecule has 2 amide bonds. The first-order chi connectivity index (χ1) is 17.0. The molecule has 36 heavy (non-hydrogen) atoms. The van der Waals surface area contributed by atoms with Gasteiger partial charge in [-0.25, -0.2) is 4.79 Å². The molecule has 11 heteroatoms. The fourth-order valence-corrected chi connectivity index (χ4v) is 4.96. The normalized spacial score (nSPS) is 18.2. The molecule has 0 radical (unpaired) electrons. The minimum Gasteiger partial charge on any atom is -0.406 e. The van der Waals surface area contributed by atoms with Gasteiger partial charge in [0.1, 0.15) is 5.75 Å². The molecule has 7 nitrogen and oxygen atoms in total. The average molecular weight is 526 g/mol. The SMILES string of the molecule is Cc1c2c(n(CC3=CC=C(Cl)CC3)c1-c1cccc(OC(F)(F)F)c1)C(O)N(CCCO)C(=O)N2C. The number of aliphatic hydroxyl groups excluding tert-OH is 2. The molecule has 1 atom stereocenters. The van der Waals surface area contributed by atoms with Crippen molar-refractivity contribution in [3.63, 3.8) is 0 Å². The Hall–Kier alpha value is -2.95. The second-order valence-corrected chi connectivity index (χ2v) is 9.28. The maximum absolute atomic E-state index is 13.1. The smallest absolute Gasteiger partial charge is 0.406 e. The average Bonchev–Trinajstić information content (AvgIpc) is 3.10. The van der Waals surface area contributed by atoms with E-state index in [1.165, 1.54) is 28.0 Å². The number of benzene rings is 1. The quantitative estimate of drug-likeness (QED) is 0.504. The number of aromatic nitrogens is 1. The minimum atomic E-state index is -4.84. The Morgan fingerprint density at radius 1 is 1.22 bits per heavy atom. The summed E-state index contributed by atoms with van der Waals surface area (Å²) in [5.74, 6) is -0.369. The molecule has 1 unspecified atom stereocenters. The Kier molecular flexibility index (Phi) is 7.40. The van der Waals surface area contributed by atoms with Crippen molar-refractivity contribution in [3.05, 3.63) is 58.3 Å². The molecule has 1 aromatic heterocycles. The highest BCUT2D eigenvalue weighted by Crippen LogP contribution is 2.45. The van der Waals surface area contributed by atoms with Crippen LogP contribution in [-0.2, 0) is 6.54 Å². The zero-order chi connectivity index (χ0) is 26.2. The van der Waals surface area contributed by atoms with E-state index in [-0.39, 0.29) is 25.3 Å². The number of allylic oxidation sites excluding steroid dienone is 4. The first kappa shape index (κ1) is 26.1. The van der Waals surface area contributed by atoms with Crippen LogP contribution in [0.4, 0.5) is 23.7 Å². The van der Waals surface area contributed by atoms with Crippen molar-refractivity contribution >= 4 is 23.3 Å². The second-order valence-electron chi connectivity index (χ2n) is 8.79. The third kappa shape index (κ3) is 5.11. The topological polar surface area (TPSA) is 78.2 Å². The summed E-state index contributed by atoms with van der Waals surface area (Å²) in [6.07, 6.45) is -0.830. The van der Waals surface area contributed by atoms with Gasteiger partial charge >= 0.3 is 12.4 Å². The third-order valence-corrected chi connectivity index (χ3v) is 6.68. The van der Waals surface area contributed by atoms with Crippen molar-refractivity contribution in [2.45, 2.75) is 45.3 Å². The Morgan fingerprint density at radius 2 is 1.97 bits per heavy atom. The molecule has 0 bridgehead atoms. The number of amides is 2. The lowest BCUT2D eigenvalue weighted by atomic mass is 10.0. The van der Waals surface area contributed by atoms with Gasteiger partial charge in [0.15, 0.2) is 6.23 Å². The van der Waals surface area contributed by atoms with E-state index in [0.29, 0.717) is 47.6 Å². The number of nitrogens with zero attached hydrogens (tertiary/aromatic N) is 3. The number of carbonyl (C=O) groups is 1. The summed E-state index contributed by atoms with van der Waals surface area (Å²) in [6.45, 7) is 2.09. The Labute approximate surface area is 211 Å². The number of fused-ring (bicyclic) bond motifs is 1. The monoisotopic (exact) mass is 525 g/mol. The van der Waals surface area contributed by atoms with Crippen LogP contribution in [0.25, 0.3) is 11.3 Å². The molecule has 2 N–H and O–H groups in total. The highest BCUT2D eigenvalue weighted by atomic mass is 35.5. The predicted molar refractivity (Wildman–Crippen MR) is 130 cm³/mol. The van der Waals surface area contributed by atoms with E-state index >= 15 is 0 Å². The van der Waals surface area contributed by atoms with Crippen molar-refractivity contribution in [2.75, 3.05) is 25.1 Å². The molecule has 194 valence electrons. The molecule has 0 saturated heterocycles. The first-order valence-electron chi connectivity index (χ1n) is 11.5. The number of ether oxygens (including phenoxy) is 1. The van der Waals surface area contributed by atoms with Gasteiger partial charge in [-0.15, -0.1) is 13.2 Å². The van der Waals surface area contributed by atoms with Crippen LogP contribution in [0.3, 0.4) is 0 Å². The molecule has 1 aliphatic heterocycles. The predicted octanol–water partition coefficient (Wildman–Crippen LogP) is 5.45. The maximum atomic E-state index is 13.1. The van der Waals surface area contributed by atoms with Crippen LogP contribution in [0.1, 0.15) is 36.7 Å². The zero-order valence-electron chi connectivity index (χ0n) is 19.8. The van der Waals surface area contributed by atoms with Crippen LogP contribution in [0.5, 0.6) is 5.75 Å². The number of urea groups is 1. The lowest BCUT2D eigenvalue weighted by Crippen LogP contribution is -2.48. The van der Waals surface area contributed by atoms with Crippen molar-refractivity contribution in [1.29, 1.82) is 0 Å². The molecule has 0 spiro atoms. The summed E-state index contributed by atoms with van der Waals surface area (Å²) in [6, 6.07) is 5.21. The van der Waals surface area contributed by atoms with Gasteiger partial charge in [-0.2, -0.15) is 0 Å². The highest BCUT2D eigenvalue weighted by Gasteiger charge is 2.40. The molecule has 1 aliphatic carbocycles. The van der Waals surface area contributed by atoms with Crippen LogP contribution in [0.15, 0.2) is 47.0 Å². The van der Waals surface area contributed by atoms with Gasteiger partial charge in [-0.3, -0.25) is 9.80 Å². The third-order valence-electron chi connectivity index (χ3n) is 6.37. The number of carbonyl (C=O) groups excluding carboxylic acids is 1. The summed E-state index contributed by atoms with van der Waals surface area (Å²) in [5, 5.41) is 21.3. The number of alkyl halides is 3. The first-order valence-corrected chi connectivity index (χ1v) is 11.9. The molecular formula is C25H27ClF3N3O4. The van der Waals surface area contributed by atoms with Gasteiger partial charge in [-0.05, 0) is 50.0 Å². The summed E-state index contributed by atoms with van der Waals surface area (Å²) in [4.78, 5) is 15.8. The molecule has 2 aliphatic rings. The van der Waals surface area contributed by atoms with E-state index < -0.39 is 18.6 Å². The number of aliphatic hydroxyl groups is 2. The van der Waals surface area contributed by atoms with E-state index in [1.807, 2.05) is 10.6 Å². The highest BCUT2D eigenvalue weighted by molar-refractivity contribution is 6.29. The molecule has 2 aromatic rings. The van der Waals surface area contributed by atoms with E-state index in [4.69, 9.17) is 11.6 Å². The fraction of sp³-hybridized carbons (Fsp3) is 0.400. The summed E-state index contributed by atoms with van der Waals surface area (Å²) < 4.78 is 44.7. The van der Waals surface area contributed by atoms with Crippen LogP contribution in [0, 0.1) is 6.92 Å². The van der Waals surface area contributed by atoms with E-state index in [9.17, 15) is 28.2 Å². The van der Waals surface area contributed by atoms with Gasteiger partial charge in [-0.1, -0.05) is 35.4 Å². The fourth-order valence-electron chi connectivity index (χ4n) is 4.81. The number of hydrogen-bond acceptors (Lipinski definition) is 4. The van der Waals surface area contributed by atoms with Gasteiger partial charge < -0.3 is 19.5 Å². The second kappa shape index (κ2) is 10.2. The number of hydrogen-bond donors (Lipinski definition) is 2. The number of halogens is 4. The summed E-state index contributed by atoms with van der Waals surface area (Å²) in [7, 11) is 1.59. The van der Waals surface area contributed by atoms with E-state index in [0.717, 1.165) is 10.6 Å². The van der Waals surface area contributed by atoms with Crippen LogP contribution in [0.2, 0.25) is 0 Å². The molecule has 0 saturated carbocycles. The van der Waals surface area contributed by atoms with Crippen molar-refractivity contribution in [1.82, 2.24) is 9.47 Å². The lowest BCUT2D eigenvalue weighted by Gasteiger charge is -2.38. The van der Waals surface area contributed by atoms with Crippen LogP contribution in [-0.4, -0.2) is 52.3 Å². The zero-order valence-corrected chi connectivity index (χ0v) is 20.6. The number of anilines is 1. The Balaban J connectivity index is 1.89. The van der Waals surface area contributed by atoms with E-state index in [2.05, 4.69) is 4.74 Å². The van der Waals surface area contributed by atoms with Gasteiger partial charge in [0.05, 0.1) is 17.1 Å². The van der Waals surface area contributed by atoms with Crippen molar-refractivity contribution < 1.29 is 32.9 Å². The van der Waals surface area contributed by atoms with Crippen LogP contribution >= 0.6 is 11.6 Å². The Bertz CT molecular complexity index is 1220. The molecule has 2 heterocycles. The van der Waals surface area contributed by atoms with Gasteiger partial charge in [0.25, 0.3) is 0 Å².